The van der Waals surface area contributed by atoms with E-state index < -0.39 is 11.0 Å². The van der Waals surface area contributed by atoms with Crippen LogP contribution >= 0.6 is 34.8 Å². The highest BCUT2D eigenvalue weighted by Gasteiger charge is 2.22. The molecule has 0 spiro atoms. The van der Waals surface area contributed by atoms with E-state index in [1.54, 1.807) is 12.3 Å². The summed E-state index contributed by atoms with van der Waals surface area (Å²) in [5.41, 5.74) is 2.01. The Balaban J connectivity index is 2.37. The quantitative estimate of drug-likeness (QED) is 0.438. The minimum atomic E-state index is -1.24. The topological polar surface area (TPSA) is 29.4 Å². The van der Waals surface area contributed by atoms with Crippen molar-refractivity contribution >= 4 is 52.0 Å². The third-order valence-corrected chi connectivity index (χ3v) is 6.18. The first-order valence-electron chi connectivity index (χ1n) is 8.41. The summed E-state index contributed by atoms with van der Waals surface area (Å²) in [7, 11) is -1.24. The van der Waals surface area contributed by atoms with E-state index in [9.17, 15) is 4.21 Å². The molecule has 140 valence electrons. The van der Waals surface area contributed by atoms with Crippen LogP contribution in [0, 0.1) is 5.92 Å². The van der Waals surface area contributed by atoms with Crippen LogP contribution in [0.5, 0.6) is 0 Å². The van der Waals surface area contributed by atoms with Gasteiger partial charge in [0, 0.05) is 33.0 Å². The van der Waals surface area contributed by atoms with Gasteiger partial charge in [-0.15, -0.1) is 0 Å². The molecule has 0 aliphatic heterocycles. The molecular weight excluding hydrogens is 409 g/mol. The number of rotatable bonds is 7. The summed E-state index contributed by atoms with van der Waals surface area (Å²) >= 11 is 18.4. The summed E-state index contributed by atoms with van der Waals surface area (Å²) in [5, 5.41) is 1.88. The molecule has 0 bridgehead atoms. The maximum atomic E-state index is 12.2. The molecule has 0 saturated heterocycles. The maximum Gasteiger partial charge on any atom is 0.139 e. The smallest absolute Gasteiger partial charge is 0.139 e. The lowest BCUT2D eigenvalue weighted by Gasteiger charge is -2.22. The molecule has 0 N–H and O–H groups in total. The van der Waals surface area contributed by atoms with Crippen molar-refractivity contribution in [2.24, 2.45) is 10.3 Å². The zero-order valence-electron chi connectivity index (χ0n) is 15.0. The highest BCUT2D eigenvalue weighted by Crippen LogP contribution is 2.36. The fourth-order valence-electron chi connectivity index (χ4n) is 2.71. The van der Waals surface area contributed by atoms with Gasteiger partial charge in [-0.05, 0) is 47.2 Å². The molecule has 0 saturated carbocycles. The SMILES string of the molecule is CC(C)CS(=O)N=CC(c1ccc(Cl)cc1)C(C)c1ccc(Cl)cc1Cl. The maximum absolute atomic E-state index is 12.2. The van der Waals surface area contributed by atoms with E-state index in [4.69, 9.17) is 34.8 Å². The Morgan fingerprint density at radius 3 is 2.19 bits per heavy atom. The van der Waals surface area contributed by atoms with E-state index in [1.165, 1.54) is 0 Å². The Bertz CT molecular complexity index is 790. The lowest BCUT2D eigenvalue weighted by molar-refractivity contribution is 0.665. The fourth-order valence-corrected chi connectivity index (χ4v) is 4.34. The van der Waals surface area contributed by atoms with E-state index >= 15 is 0 Å². The van der Waals surface area contributed by atoms with E-state index in [0.29, 0.717) is 26.7 Å². The van der Waals surface area contributed by atoms with E-state index in [2.05, 4.69) is 11.3 Å². The minimum Gasteiger partial charge on any atom is -0.235 e. The normalized spacial score (nSPS) is 15.3. The van der Waals surface area contributed by atoms with Gasteiger partial charge in [0.05, 0.1) is 0 Å². The van der Waals surface area contributed by atoms with Crippen molar-refractivity contribution in [3.63, 3.8) is 0 Å². The summed E-state index contributed by atoms with van der Waals surface area (Å²) in [4.78, 5) is 0. The Kier molecular flexibility index (Phi) is 8.15. The molecule has 2 nitrogen and oxygen atoms in total. The van der Waals surface area contributed by atoms with Gasteiger partial charge >= 0.3 is 0 Å². The van der Waals surface area contributed by atoms with Crippen molar-refractivity contribution in [2.45, 2.75) is 32.6 Å². The number of benzene rings is 2. The molecule has 26 heavy (non-hydrogen) atoms. The second kappa shape index (κ2) is 9.89. The van der Waals surface area contributed by atoms with Crippen LogP contribution in [0.25, 0.3) is 0 Å². The predicted molar refractivity (Wildman–Crippen MR) is 115 cm³/mol. The number of hydrogen-bond acceptors (Lipinski definition) is 1. The van der Waals surface area contributed by atoms with Gasteiger partial charge in [-0.2, -0.15) is 4.40 Å². The lowest BCUT2D eigenvalue weighted by Crippen LogP contribution is -2.12. The Morgan fingerprint density at radius 2 is 1.62 bits per heavy atom. The van der Waals surface area contributed by atoms with Gasteiger partial charge in [-0.25, -0.2) is 4.21 Å². The summed E-state index contributed by atoms with van der Waals surface area (Å²) in [6.45, 7) is 6.13. The molecule has 3 unspecified atom stereocenters. The molecule has 2 aromatic carbocycles. The Hall–Kier alpha value is -0.870. The van der Waals surface area contributed by atoms with Crippen LogP contribution in [0.1, 0.15) is 43.7 Å². The largest absolute Gasteiger partial charge is 0.235 e. The van der Waals surface area contributed by atoms with Crippen molar-refractivity contribution in [3.8, 4) is 0 Å². The van der Waals surface area contributed by atoms with Crippen molar-refractivity contribution in [1.82, 2.24) is 0 Å². The molecule has 0 aliphatic carbocycles. The zero-order chi connectivity index (χ0) is 19.3. The van der Waals surface area contributed by atoms with Crippen LogP contribution in [-0.2, 0) is 11.0 Å². The van der Waals surface area contributed by atoms with Gasteiger partial charge in [0.1, 0.15) is 11.0 Å². The molecule has 0 aliphatic rings. The van der Waals surface area contributed by atoms with E-state index in [1.807, 2.05) is 50.2 Å². The molecule has 2 rings (SSSR count). The molecular formula is C20H22Cl3NOS. The van der Waals surface area contributed by atoms with Crippen LogP contribution in [0.2, 0.25) is 15.1 Å². The van der Waals surface area contributed by atoms with Crippen LogP contribution in [0.4, 0.5) is 0 Å². The molecule has 0 amide bonds. The molecule has 0 fully saturated rings. The molecule has 0 aromatic heterocycles. The Morgan fingerprint density at radius 1 is 1.00 bits per heavy atom. The van der Waals surface area contributed by atoms with Crippen LogP contribution in [0.3, 0.4) is 0 Å². The summed E-state index contributed by atoms with van der Waals surface area (Å²) in [5.74, 6) is 0.813. The average Bonchev–Trinajstić information content (AvgIpc) is 2.55. The van der Waals surface area contributed by atoms with E-state index in [-0.39, 0.29) is 11.8 Å². The molecule has 0 radical (unpaired) electrons. The zero-order valence-corrected chi connectivity index (χ0v) is 18.0. The monoisotopic (exact) mass is 429 g/mol. The first-order chi connectivity index (χ1) is 12.3. The highest BCUT2D eigenvalue weighted by molar-refractivity contribution is 7.83. The predicted octanol–water partition coefficient (Wildman–Crippen LogP) is 6.92. The summed E-state index contributed by atoms with van der Waals surface area (Å²) < 4.78 is 16.5. The third kappa shape index (κ3) is 6.09. The molecule has 0 heterocycles. The van der Waals surface area contributed by atoms with Crippen LogP contribution in [0.15, 0.2) is 46.9 Å². The van der Waals surface area contributed by atoms with Gasteiger partial charge < -0.3 is 0 Å². The second-order valence-electron chi connectivity index (χ2n) is 6.67. The van der Waals surface area contributed by atoms with Gasteiger partial charge in [-0.3, -0.25) is 0 Å². The first kappa shape index (κ1) is 21.4. The van der Waals surface area contributed by atoms with Gasteiger partial charge in [-0.1, -0.05) is 73.8 Å². The lowest BCUT2D eigenvalue weighted by atomic mass is 9.83. The van der Waals surface area contributed by atoms with E-state index in [0.717, 1.165) is 11.1 Å². The van der Waals surface area contributed by atoms with Crippen molar-refractivity contribution < 1.29 is 4.21 Å². The molecule has 2 aromatic rings. The van der Waals surface area contributed by atoms with Gasteiger partial charge in [0.2, 0.25) is 0 Å². The number of nitrogens with zero attached hydrogens (tertiary/aromatic N) is 1. The number of halogens is 3. The average molecular weight is 431 g/mol. The standard InChI is InChI=1S/C20H22Cl3NOS/c1-13(2)12-26(25)24-11-19(15-4-6-16(21)7-5-15)14(3)18-9-8-17(22)10-20(18)23/h4-11,13-14,19H,12H2,1-3H3. The minimum absolute atomic E-state index is 0.0285. The van der Waals surface area contributed by atoms with Crippen molar-refractivity contribution in [1.29, 1.82) is 0 Å². The second-order valence-corrected chi connectivity index (χ2v) is 9.14. The third-order valence-electron chi connectivity index (χ3n) is 4.06. The first-order valence-corrected chi connectivity index (χ1v) is 10.8. The molecule has 3 atom stereocenters. The molecule has 6 heteroatoms. The van der Waals surface area contributed by atoms with Gasteiger partial charge in [0.15, 0.2) is 0 Å². The van der Waals surface area contributed by atoms with Crippen molar-refractivity contribution in [3.05, 3.63) is 68.7 Å². The Labute approximate surface area is 173 Å². The van der Waals surface area contributed by atoms with Gasteiger partial charge in [0.25, 0.3) is 0 Å². The number of hydrogen-bond donors (Lipinski definition) is 0. The highest BCUT2D eigenvalue weighted by atomic mass is 35.5. The fraction of sp³-hybridized carbons (Fsp3) is 0.350. The van der Waals surface area contributed by atoms with Crippen LogP contribution in [-0.4, -0.2) is 16.2 Å². The summed E-state index contributed by atoms with van der Waals surface area (Å²) in [6.07, 6.45) is 1.78. The van der Waals surface area contributed by atoms with Crippen LogP contribution < -0.4 is 0 Å². The summed E-state index contributed by atoms with van der Waals surface area (Å²) in [6, 6.07) is 13.1. The van der Waals surface area contributed by atoms with Crippen molar-refractivity contribution in [2.75, 3.05) is 5.75 Å².